The van der Waals surface area contributed by atoms with Gasteiger partial charge in [-0.05, 0) is 53.8 Å². The maximum Gasteiger partial charge on any atom is 0.274 e. The Kier molecular flexibility index (Phi) is 3.15. The van der Waals surface area contributed by atoms with Crippen LogP contribution in [0.4, 0.5) is 5.69 Å². The maximum absolute atomic E-state index is 12.3. The predicted molar refractivity (Wildman–Crippen MR) is 89.4 cm³/mol. The first-order valence-electron chi connectivity index (χ1n) is 7.53. The van der Waals surface area contributed by atoms with E-state index in [4.69, 9.17) is 0 Å². The van der Waals surface area contributed by atoms with Crippen molar-refractivity contribution in [2.45, 2.75) is 13.3 Å². The van der Waals surface area contributed by atoms with Gasteiger partial charge in [-0.1, -0.05) is 30.3 Å². The monoisotopic (exact) mass is 301 g/mol. The van der Waals surface area contributed by atoms with Gasteiger partial charge >= 0.3 is 0 Å². The second kappa shape index (κ2) is 5.32. The number of rotatable bonds is 2. The number of carbonyl (C=O) groups excluding carboxylic acids is 1. The molecular weight excluding hydrogens is 286 g/mol. The minimum atomic E-state index is -0.217. The van der Waals surface area contributed by atoms with E-state index in [1.54, 1.807) is 19.2 Å². The number of amides is 1. The van der Waals surface area contributed by atoms with Crippen LogP contribution in [0.2, 0.25) is 0 Å². The number of hydrogen-bond donors (Lipinski definition) is 1. The number of anilines is 1. The number of fused-ring (bicyclic) bond motifs is 3. The van der Waals surface area contributed by atoms with E-state index in [0.717, 1.165) is 12.1 Å². The van der Waals surface area contributed by atoms with E-state index in [-0.39, 0.29) is 5.91 Å². The van der Waals surface area contributed by atoms with Crippen LogP contribution < -0.4 is 5.32 Å². The van der Waals surface area contributed by atoms with E-state index in [2.05, 4.69) is 45.6 Å². The standard InChI is InChI=1S/C19H15N3O/c1-12-20-9-8-18(21-12)19(23)22-15-6-7-17-14(11-15)10-13-4-2-3-5-16(13)17/h2-9,11H,10H2,1H3,(H,22,23). The molecule has 0 radical (unpaired) electrons. The number of nitrogens with one attached hydrogen (secondary N) is 1. The van der Waals surface area contributed by atoms with Crippen LogP contribution in [0.1, 0.15) is 27.4 Å². The van der Waals surface area contributed by atoms with E-state index >= 15 is 0 Å². The van der Waals surface area contributed by atoms with Gasteiger partial charge in [0.1, 0.15) is 11.5 Å². The van der Waals surface area contributed by atoms with E-state index in [1.807, 2.05) is 12.1 Å². The maximum atomic E-state index is 12.3. The van der Waals surface area contributed by atoms with E-state index in [0.29, 0.717) is 11.5 Å². The minimum Gasteiger partial charge on any atom is -0.321 e. The molecule has 4 nitrogen and oxygen atoms in total. The number of hydrogen-bond acceptors (Lipinski definition) is 3. The van der Waals surface area contributed by atoms with Crippen molar-refractivity contribution in [2.24, 2.45) is 0 Å². The topological polar surface area (TPSA) is 54.9 Å². The fourth-order valence-corrected chi connectivity index (χ4v) is 3.00. The van der Waals surface area contributed by atoms with Crippen LogP contribution in [0.25, 0.3) is 11.1 Å². The van der Waals surface area contributed by atoms with Gasteiger partial charge in [0.25, 0.3) is 5.91 Å². The third-order valence-corrected chi connectivity index (χ3v) is 4.06. The van der Waals surface area contributed by atoms with Gasteiger partial charge in [-0.25, -0.2) is 9.97 Å². The molecule has 1 N–H and O–H groups in total. The summed E-state index contributed by atoms with van der Waals surface area (Å²) in [6, 6.07) is 16.1. The average molecular weight is 301 g/mol. The minimum absolute atomic E-state index is 0.217. The molecule has 23 heavy (non-hydrogen) atoms. The second-order valence-corrected chi connectivity index (χ2v) is 5.65. The van der Waals surface area contributed by atoms with E-state index < -0.39 is 0 Å². The Hall–Kier alpha value is -3.01. The highest BCUT2D eigenvalue weighted by Crippen LogP contribution is 2.37. The first-order chi connectivity index (χ1) is 11.2. The van der Waals surface area contributed by atoms with Gasteiger partial charge in [-0.2, -0.15) is 0 Å². The zero-order chi connectivity index (χ0) is 15.8. The molecule has 0 fully saturated rings. The Balaban J connectivity index is 1.60. The summed E-state index contributed by atoms with van der Waals surface area (Å²) in [7, 11) is 0. The molecule has 0 bridgehead atoms. The summed E-state index contributed by atoms with van der Waals surface area (Å²) in [5.74, 6) is 0.369. The van der Waals surface area contributed by atoms with Crippen molar-refractivity contribution in [1.82, 2.24) is 9.97 Å². The van der Waals surface area contributed by atoms with Gasteiger partial charge in [-0.3, -0.25) is 4.79 Å². The van der Waals surface area contributed by atoms with Crippen LogP contribution in [0, 0.1) is 6.92 Å². The summed E-state index contributed by atoms with van der Waals surface area (Å²) < 4.78 is 0. The zero-order valence-electron chi connectivity index (χ0n) is 12.7. The first-order valence-corrected chi connectivity index (χ1v) is 7.53. The summed E-state index contributed by atoms with van der Waals surface area (Å²) in [6.07, 6.45) is 2.50. The van der Waals surface area contributed by atoms with Crippen LogP contribution in [0.5, 0.6) is 0 Å². The number of benzene rings is 2. The Bertz CT molecular complexity index is 918. The van der Waals surface area contributed by atoms with Crippen LogP contribution in [-0.4, -0.2) is 15.9 Å². The molecule has 1 aliphatic rings. The molecule has 1 amide bonds. The Morgan fingerprint density at radius 2 is 1.87 bits per heavy atom. The van der Waals surface area contributed by atoms with Crippen molar-refractivity contribution in [3.8, 4) is 11.1 Å². The molecule has 4 heteroatoms. The van der Waals surface area contributed by atoms with E-state index in [1.165, 1.54) is 22.3 Å². The van der Waals surface area contributed by atoms with E-state index in [9.17, 15) is 4.79 Å². The Morgan fingerprint density at radius 3 is 2.74 bits per heavy atom. The van der Waals surface area contributed by atoms with Crippen molar-refractivity contribution >= 4 is 11.6 Å². The second-order valence-electron chi connectivity index (χ2n) is 5.65. The molecule has 0 saturated heterocycles. The SMILES string of the molecule is Cc1nccc(C(=O)Nc2ccc3c(c2)Cc2ccccc2-3)n1. The van der Waals surface area contributed by atoms with Crippen molar-refractivity contribution in [1.29, 1.82) is 0 Å². The molecule has 0 saturated carbocycles. The fraction of sp³-hybridized carbons (Fsp3) is 0.105. The lowest BCUT2D eigenvalue weighted by Gasteiger charge is -2.07. The van der Waals surface area contributed by atoms with Crippen molar-refractivity contribution < 1.29 is 4.79 Å². The summed E-state index contributed by atoms with van der Waals surface area (Å²) in [6.45, 7) is 1.77. The van der Waals surface area contributed by atoms with Crippen LogP contribution in [0.3, 0.4) is 0 Å². The number of aryl methyl sites for hydroxylation is 1. The summed E-state index contributed by atoms with van der Waals surface area (Å²) in [4.78, 5) is 20.4. The number of nitrogens with zero attached hydrogens (tertiary/aromatic N) is 2. The molecule has 0 unspecified atom stereocenters. The Morgan fingerprint density at radius 1 is 1.04 bits per heavy atom. The highest BCUT2D eigenvalue weighted by molar-refractivity contribution is 6.03. The number of aromatic nitrogens is 2. The normalized spacial score (nSPS) is 11.7. The molecule has 1 aliphatic carbocycles. The molecule has 3 aromatic rings. The van der Waals surface area contributed by atoms with Gasteiger partial charge in [-0.15, -0.1) is 0 Å². The molecular formula is C19H15N3O. The smallest absolute Gasteiger partial charge is 0.274 e. The third kappa shape index (κ3) is 2.48. The average Bonchev–Trinajstić information content (AvgIpc) is 2.92. The van der Waals surface area contributed by atoms with Gasteiger partial charge in [0, 0.05) is 11.9 Å². The van der Waals surface area contributed by atoms with Crippen LogP contribution in [0.15, 0.2) is 54.7 Å². The van der Waals surface area contributed by atoms with Crippen molar-refractivity contribution in [3.63, 3.8) is 0 Å². The molecule has 0 spiro atoms. The summed E-state index contributed by atoms with van der Waals surface area (Å²) in [5, 5.41) is 2.91. The lowest BCUT2D eigenvalue weighted by atomic mass is 10.1. The third-order valence-electron chi connectivity index (χ3n) is 4.06. The van der Waals surface area contributed by atoms with Crippen molar-refractivity contribution in [3.05, 3.63) is 77.4 Å². The predicted octanol–water partition coefficient (Wildman–Crippen LogP) is 3.61. The molecule has 1 aromatic heterocycles. The highest BCUT2D eigenvalue weighted by Gasteiger charge is 2.18. The highest BCUT2D eigenvalue weighted by atomic mass is 16.1. The molecule has 1 heterocycles. The first kappa shape index (κ1) is 13.6. The molecule has 2 aromatic carbocycles. The quantitative estimate of drug-likeness (QED) is 0.615. The lowest BCUT2D eigenvalue weighted by Crippen LogP contribution is -2.14. The van der Waals surface area contributed by atoms with Crippen molar-refractivity contribution in [2.75, 3.05) is 5.32 Å². The lowest BCUT2D eigenvalue weighted by molar-refractivity contribution is 0.102. The van der Waals surface area contributed by atoms with Crippen LogP contribution >= 0.6 is 0 Å². The molecule has 4 rings (SSSR count). The zero-order valence-corrected chi connectivity index (χ0v) is 12.7. The molecule has 0 aliphatic heterocycles. The summed E-state index contributed by atoms with van der Waals surface area (Å²) >= 11 is 0. The van der Waals surface area contributed by atoms with Gasteiger partial charge < -0.3 is 5.32 Å². The summed E-state index contributed by atoms with van der Waals surface area (Å²) in [5.41, 5.74) is 6.27. The molecule has 0 atom stereocenters. The number of carbonyl (C=O) groups is 1. The largest absolute Gasteiger partial charge is 0.321 e. The van der Waals surface area contributed by atoms with Crippen LogP contribution in [-0.2, 0) is 6.42 Å². The van der Waals surface area contributed by atoms with Gasteiger partial charge in [0.2, 0.25) is 0 Å². The Labute approximate surface area is 134 Å². The molecule has 112 valence electrons. The van der Waals surface area contributed by atoms with Gasteiger partial charge in [0.05, 0.1) is 0 Å². The fourth-order valence-electron chi connectivity index (χ4n) is 3.00. The van der Waals surface area contributed by atoms with Gasteiger partial charge in [0.15, 0.2) is 0 Å².